The molecule has 0 fully saturated rings. The quantitative estimate of drug-likeness (QED) is 0.906. The molecular formula is C15H13N3O2. The average Bonchev–Trinajstić information content (AvgIpc) is 2.72. The summed E-state index contributed by atoms with van der Waals surface area (Å²) in [5.41, 5.74) is 1.41. The monoisotopic (exact) mass is 267 g/mol. The summed E-state index contributed by atoms with van der Waals surface area (Å²) in [7, 11) is 0. The van der Waals surface area contributed by atoms with E-state index in [1.165, 1.54) is 0 Å². The molecule has 0 unspecified atom stereocenters. The molecule has 1 aromatic carbocycles. The van der Waals surface area contributed by atoms with Crippen molar-refractivity contribution in [1.82, 2.24) is 4.98 Å². The standard InChI is InChI=1S/C15H13N3O2/c16-10-11-4-5-17-15(8-11)18-12-2-3-13-14(9-12)20-7-1-6-19-13/h2-5,8-9H,1,6-7H2,(H,17,18). The van der Waals surface area contributed by atoms with Gasteiger partial charge in [-0.05, 0) is 24.3 Å². The molecule has 5 nitrogen and oxygen atoms in total. The first-order valence-corrected chi connectivity index (χ1v) is 6.38. The summed E-state index contributed by atoms with van der Waals surface area (Å²) in [5, 5.41) is 12.0. The normalized spacial score (nSPS) is 13.2. The van der Waals surface area contributed by atoms with Gasteiger partial charge in [-0.1, -0.05) is 0 Å². The number of pyridine rings is 1. The molecule has 5 heteroatoms. The van der Waals surface area contributed by atoms with Gasteiger partial charge in [0.1, 0.15) is 5.82 Å². The van der Waals surface area contributed by atoms with E-state index in [0.29, 0.717) is 24.6 Å². The third-order valence-electron chi connectivity index (χ3n) is 2.91. The molecule has 2 heterocycles. The van der Waals surface area contributed by atoms with Crippen molar-refractivity contribution in [3.63, 3.8) is 0 Å². The van der Waals surface area contributed by atoms with Crippen molar-refractivity contribution in [1.29, 1.82) is 5.26 Å². The number of rotatable bonds is 2. The Kier molecular flexibility index (Phi) is 3.38. The van der Waals surface area contributed by atoms with Crippen LogP contribution in [0.2, 0.25) is 0 Å². The summed E-state index contributed by atoms with van der Waals surface area (Å²) in [6.07, 6.45) is 2.48. The second kappa shape index (κ2) is 5.49. The molecule has 0 atom stereocenters. The van der Waals surface area contributed by atoms with E-state index in [-0.39, 0.29) is 0 Å². The summed E-state index contributed by atoms with van der Waals surface area (Å²) in [5.74, 6) is 2.11. The van der Waals surface area contributed by atoms with Gasteiger partial charge in [0.15, 0.2) is 11.5 Å². The van der Waals surface area contributed by atoms with E-state index in [2.05, 4.69) is 16.4 Å². The maximum atomic E-state index is 8.88. The Morgan fingerprint density at radius 1 is 1.10 bits per heavy atom. The van der Waals surface area contributed by atoms with E-state index in [9.17, 15) is 0 Å². The Hall–Kier alpha value is -2.74. The predicted octanol–water partition coefficient (Wildman–Crippen LogP) is 2.86. The summed E-state index contributed by atoms with van der Waals surface area (Å²) in [6, 6.07) is 11.1. The Morgan fingerprint density at radius 3 is 2.80 bits per heavy atom. The minimum Gasteiger partial charge on any atom is -0.490 e. The highest BCUT2D eigenvalue weighted by Gasteiger charge is 2.10. The minimum absolute atomic E-state index is 0.567. The van der Waals surface area contributed by atoms with Crippen LogP contribution in [-0.4, -0.2) is 18.2 Å². The van der Waals surface area contributed by atoms with Crippen LogP contribution < -0.4 is 14.8 Å². The van der Waals surface area contributed by atoms with Crippen LogP contribution in [0, 0.1) is 11.3 Å². The number of benzene rings is 1. The van der Waals surface area contributed by atoms with Gasteiger partial charge in [-0.15, -0.1) is 0 Å². The fraction of sp³-hybridized carbons (Fsp3) is 0.200. The number of aromatic nitrogens is 1. The number of hydrogen-bond acceptors (Lipinski definition) is 5. The summed E-state index contributed by atoms with van der Waals surface area (Å²) < 4.78 is 11.2. The Labute approximate surface area is 116 Å². The third-order valence-corrected chi connectivity index (χ3v) is 2.91. The molecule has 2 aromatic rings. The molecule has 20 heavy (non-hydrogen) atoms. The first-order chi connectivity index (χ1) is 9.85. The van der Waals surface area contributed by atoms with Crippen LogP contribution in [0.1, 0.15) is 12.0 Å². The van der Waals surface area contributed by atoms with Gasteiger partial charge in [0.25, 0.3) is 0 Å². The highest BCUT2D eigenvalue weighted by molar-refractivity contribution is 5.62. The first kappa shape index (κ1) is 12.3. The first-order valence-electron chi connectivity index (χ1n) is 6.38. The van der Waals surface area contributed by atoms with Gasteiger partial charge in [-0.25, -0.2) is 4.98 Å². The van der Waals surface area contributed by atoms with Gasteiger partial charge >= 0.3 is 0 Å². The second-order valence-corrected chi connectivity index (χ2v) is 4.38. The zero-order chi connectivity index (χ0) is 13.8. The summed E-state index contributed by atoms with van der Waals surface area (Å²) >= 11 is 0. The molecule has 0 spiro atoms. The van der Waals surface area contributed by atoms with Crippen molar-refractivity contribution >= 4 is 11.5 Å². The minimum atomic E-state index is 0.567. The van der Waals surface area contributed by atoms with Gasteiger partial charge in [0, 0.05) is 24.4 Å². The van der Waals surface area contributed by atoms with Gasteiger partial charge in [-0.2, -0.15) is 5.26 Å². The van der Waals surface area contributed by atoms with Crippen LogP contribution in [0.25, 0.3) is 0 Å². The molecule has 100 valence electrons. The van der Waals surface area contributed by atoms with Crippen LogP contribution in [0.3, 0.4) is 0 Å². The van der Waals surface area contributed by atoms with E-state index in [0.717, 1.165) is 23.6 Å². The zero-order valence-corrected chi connectivity index (χ0v) is 10.8. The maximum absolute atomic E-state index is 8.88. The van der Waals surface area contributed by atoms with Crippen molar-refractivity contribution in [2.75, 3.05) is 18.5 Å². The molecule has 1 aliphatic heterocycles. The number of anilines is 2. The molecule has 1 aliphatic rings. The van der Waals surface area contributed by atoms with Crippen LogP contribution in [0.4, 0.5) is 11.5 Å². The van der Waals surface area contributed by atoms with E-state index >= 15 is 0 Å². The summed E-state index contributed by atoms with van der Waals surface area (Å²) in [6.45, 7) is 1.32. The molecule has 1 N–H and O–H groups in total. The molecule has 0 bridgehead atoms. The van der Waals surface area contributed by atoms with Crippen molar-refractivity contribution in [2.24, 2.45) is 0 Å². The molecular weight excluding hydrogens is 254 g/mol. The molecule has 0 saturated heterocycles. The highest BCUT2D eigenvalue weighted by atomic mass is 16.5. The van der Waals surface area contributed by atoms with E-state index in [4.69, 9.17) is 14.7 Å². The van der Waals surface area contributed by atoms with Crippen LogP contribution in [-0.2, 0) is 0 Å². The molecule has 0 amide bonds. The second-order valence-electron chi connectivity index (χ2n) is 4.38. The Bertz CT molecular complexity index is 664. The predicted molar refractivity (Wildman–Crippen MR) is 74.3 cm³/mol. The smallest absolute Gasteiger partial charge is 0.163 e. The number of nitrogens with zero attached hydrogens (tertiary/aromatic N) is 2. The number of fused-ring (bicyclic) bond motifs is 1. The number of nitrogens with one attached hydrogen (secondary N) is 1. The number of ether oxygens (including phenoxy) is 2. The Balaban J connectivity index is 1.84. The number of hydrogen-bond donors (Lipinski definition) is 1. The van der Waals surface area contributed by atoms with E-state index < -0.39 is 0 Å². The number of nitriles is 1. The van der Waals surface area contributed by atoms with Gasteiger partial charge < -0.3 is 14.8 Å². The lowest BCUT2D eigenvalue weighted by Crippen LogP contribution is -1.97. The molecule has 0 aliphatic carbocycles. The largest absolute Gasteiger partial charge is 0.490 e. The summed E-state index contributed by atoms with van der Waals surface area (Å²) in [4.78, 5) is 4.18. The average molecular weight is 267 g/mol. The SMILES string of the molecule is N#Cc1ccnc(Nc2ccc3c(c2)OCCCO3)c1. The fourth-order valence-electron chi connectivity index (χ4n) is 1.96. The van der Waals surface area contributed by atoms with Crippen LogP contribution >= 0.6 is 0 Å². The van der Waals surface area contributed by atoms with E-state index in [1.54, 1.807) is 18.3 Å². The van der Waals surface area contributed by atoms with Gasteiger partial charge in [0.2, 0.25) is 0 Å². The van der Waals surface area contributed by atoms with Crippen LogP contribution in [0.5, 0.6) is 11.5 Å². The molecule has 1 aromatic heterocycles. The maximum Gasteiger partial charge on any atom is 0.163 e. The lowest BCUT2D eigenvalue weighted by atomic mass is 10.2. The van der Waals surface area contributed by atoms with Crippen molar-refractivity contribution < 1.29 is 9.47 Å². The van der Waals surface area contributed by atoms with Crippen LogP contribution in [0.15, 0.2) is 36.5 Å². The van der Waals surface area contributed by atoms with Gasteiger partial charge in [-0.3, -0.25) is 0 Å². The topological polar surface area (TPSA) is 67.2 Å². The zero-order valence-electron chi connectivity index (χ0n) is 10.8. The highest BCUT2D eigenvalue weighted by Crippen LogP contribution is 2.33. The third kappa shape index (κ3) is 2.64. The van der Waals surface area contributed by atoms with Crippen molar-refractivity contribution in [2.45, 2.75) is 6.42 Å². The lowest BCUT2D eigenvalue weighted by Gasteiger charge is -2.10. The van der Waals surface area contributed by atoms with E-state index in [1.807, 2.05) is 18.2 Å². The Morgan fingerprint density at radius 2 is 1.95 bits per heavy atom. The van der Waals surface area contributed by atoms with Crippen molar-refractivity contribution in [3.8, 4) is 17.6 Å². The molecule has 0 radical (unpaired) electrons. The molecule has 3 rings (SSSR count). The van der Waals surface area contributed by atoms with Crippen molar-refractivity contribution in [3.05, 3.63) is 42.1 Å². The molecule has 0 saturated carbocycles. The fourth-order valence-corrected chi connectivity index (χ4v) is 1.96. The van der Waals surface area contributed by atoms with Gasteiger partial charge in [0.05, 0.1) is 24.8 Å². The lowest BCUT2D eigenvalue weighted by molar-refractivity contribution is 0.297.